The summed E-state index contributed by atoms with van der Waals surface area (Å²) in [4.78, 5) is 12.6. The molecule has 0 aliphatic carbocycles. The van der Waals surface area contributed by atoms with Crippen LogP contribution in [0.15, 0.2) is 67.0 Å². The van der Waals surface area contributed by atoms with E-state index in [1.165, 1.54) is 12.1 Å². The number of nitrogens with zero attached hydrogens (tertiary/aromatic N) is 5. The SMILES string of the molecule is Cc1c(C(=O)Nc2cnn(Cc3ccc(F)cc3)c2)nnn1Cc1ccccc1. The molecule has 146 valence electrons. The number of hydrogen-bond donors (Lipinski definition) is 1. The first-order chi connectivity index (χ1) is 14.1. The topological polar surface area (TPSA) is 77.6 Å². The molecule has 0 bridgehead atoms. The Kier molecular flexibility index (Phi) is 5.15. The molecule has 4 aromatic rings. The second-order valence-electron chi connectivity index (χ2n) is 6.67. The Balaban J connectivity index is 1.42. The molecule has 0 unspecified atom stereocenters. The Morgan fingerprint density at radius 3 is 2.52 bits per heavy atom. The van der Waals surface area contributed by atoms with Crippen molar-refractivity contribution in [2.24, 2.45) is 0 Å². The maximum atomic E-state index is 13.0. The van der Waals surface area contributed by atoms with Gasteiger partial charge in [0.05, 0.1) is 30.7 Å². The molecule has 2 aromatic heterocycles. The number of benzene rings is 2. The van der Waals surface area contributed by atoms with Crippen LogP contribution in [0.2, 0.25) is 0 Å². The minimum atomic E-state index is -0.344. The van der Waals surface area contributed by atoms with Gasteiger partial charge in [0, 0.05) is 6.20 Å². The molecular weight excluding hydrogens is 371 g/mol. The highest BCUT2D eigenvalue weighted by atomic mass is 19.1. The van der Waals surface area contributed by atoms with E-state index in [9.17, 15) is 9.18 Å². The fraction of sp³-hybridized carbons (Fsp3) is 0.143. The molecule has 0 saturated heterocycles. The Labute approximate surface area is 166 Å². The van der Waals surface area contributed by atoms with Gasteiger partial charge in [0.1, 0.15) is 5.82 Å². The molecule has 0 saturated carbocycles. The summed E-state index contributed by atoms with van der Waals surface area (Å²) in [7, 11) is 0. The second-order valence-corrected chi connectivity index (χ2v) is 6.67. The first-order valence-electron chi connectivity index (χ1n) is 9.11. The van der Waals surface area contributed by atoms with Crippen LogP contribution in [0.5, 0.6) is 0 Å². The van der Waals surface area contributed by atoms with Crippen LogP contribution in [0, 0.1) is 12.7 Å². The van der Waals surface area contributed by atoms with Gasteiger partial charge in [0.25, 0.3) is 5.91 Å². The third-order valence-electron chi connectivity index (χ3n) is 4.52. The number of carbonyl (C=O) groups is 1. The van der Waals surface area contributed by atoms with Crippen molar-refractivity contribution in [3.63, 3.8) is 0 Å². The van der Waals surface area contributed by atoms with Crippen molar-refractivity contribution in [3.8, 4) is 0 Å². The summed E-state index contributed by atoms with van der Waals surface area (Å²) in [5, 5.41) is 15.1. The number of hydrogen-bond acceptors (Lipinski definition) is 4. The summed E-state index contributed by atoms with van der Waals surface area (Å²) in [6.07, 6.45) is 3.27. The normalized spacial score (nSPS) is 10.8. The molecule has 8 heteroatoms. The summed E-state index contributed by atoms with van der Waals surface area (Å²) in [5.41, 5.74) is 3.49. The predicted octanol–water partition coefficient (Wildman–Crippen LogP) is 3.27. The summed E-state index contributed by atoms with van der Waals surface area (Å²) < 4.78 is 16.4. The van der Waals surface area contributed by atoms with Gasteiger partial charge >= 0.3 is 0 Å². The fourth-order valence-corrected chi connectivity index (χ4v) is 2.96. The third-order valence-corrected chi connectivity index (χ3v) is 4.52. The molecule has 2 heterocycles. The lowest BCUT2D eigenvalue weighted by Crippen LogP contribution is -2.14. The van der Waals surface area contributed by atoms with E-state index in [0.29, 0.717) is 24.5 Å². The minimum Gasteiger partial charge on any atom is -0.318 e. The van der Waals surface area contributed by atoms with Crippen molar-refractivity contribution in [2.45, 2.75) is 20.0 Å². The van der Waals surface area contributed by atoms with Gasteiger partial charge in [-0.3, -0.25) is 9.48 Å². The van der Waals surface area contributed by atoms with Gasteiger partial charge in [0.15, 0.2) is 5.69 Å². The molecule has 0 fully saturated rings. The van der Waals surface area contributed by atoms with Crippen LogP contribution in [-0.4, -0.2) is 30.7 Å². The summed E-state index contributed by atoms with van der Waals surface area (Å²) in [6.45, 7) is 2.83. The molecule has 0 aliphatic rings. The van der Waals surface area contributed by atoms with Crippen molar-refractivity contribution in [2.75, 3.05) is 5.32 Å². The summed E-state index contributed by atoms with van der Waals surface area (Å²) in [5.74, 6) is -0.624. The second kappa shape index (κ2) is 8.05. The summed E-state index contributed by atoms with van der Waals surface area (Å²) in [6, 6.07) is 16.1. The molecule has 2 aromatic carbocycles. The highest BCUT2D eigenvalue weighted by Crippen LogP contribution is 2.13. The number of rotatable bonds is 6. The van der Waals surface area contributed by atoms with Crippen LogP contribution in [-0.2, 0) is 13.1 Å². The highest BCUT2D eigenvalue weighted by Gasteiger charge is 2.17. The van der Waals surface area contributed by atoms with Crippen molar-refractivity contribution in [3.05, 3.63) is 95.3 Å². The molecule has 0 radical (unpaired) electrons. The van der Waals surface area contributed by atoms with Gasteiger partial charge in [-0.15, -0.1) is 5.10 Å². The van der Waals surface area contributed by atoms with Gasteiger partial charge < -0.3 is 5.32 Å². The Morgan fingerprint density at radius 1 is 1.03 bits per heavy atom. The molecule has 1 N–H and O–H groups in total. The average Bonchev–Trinajstić information content (AvgIpc) is 3.31. The van der Waals surface area contributed by atoms with E-state index in [4.69, 9.17) is 0 Å². The van der Waals surface area contributed by atoms with Crippen LogP contribution >= 0.6 is 0 Å². The Bertz CT molecular complexity index is 1120. The fourth-order valence-electron chi connectivity index (χ4n) is 2.96. The van der Waals surface area contributed by atoms with Gasteiger partial charge in [-0.1, -0.05) is 47.7 Å². The molecule has 1 amide bonds. The van der Waals surface area contributed by atoms with E-state index in [-0.39, 0.29) is 17.4 Å². The van der Waals surface area contributed by atoms with Crippen LogP contribution in [0.1, 0.15) is 27.3 Å². The third kappa shape index (κ3) is 4.37. The zero-order valence-electron chi connectivity index (χ0n) is 15.8. The maximum Gasteiger partial charge on any atom is 0.278 e. The number of aromatic nitrogens is 5. The first kappa shape index (κ1) is 18.5. The van der Waals surface area contributed by atoms with Crippen LogP contribution in [0.25, 0.3) is 0 Å². The Hall–Kier alpha value is -3.81. The average molecular weight is 390 g/mol. The molecular formula is C21H19FN6O. The van der Waals surface area contributed by atoms with Crippen molar-refractivity contribution in [1.29, 1.82) is 0 Å². The largest absolute Gasteiger partial charge is 0.318 e. The lowest BCUT2D eigenvalue weighted by molar-refractivity contribution is 0.102. The zero-order valence-corrected chi connectivity index (χ0v) is 15.8. The quantitative estimate of drug-likeness (QED) is 0.548. The number of nitrogens with one attached hydrogen (secondary N) is 1. The Morgan fingerprint density at radius 2 is 1.76 bits per heavy atom. The molecule has 0 spiro atoms. The standard InChI is InChI=1S/C21H19FN6O/c1-15-20(25-26-28(15)13-16-5-3-2-4-6-16)21(29)24-19-11-23-27(14-19)12-17-7-9-18(22)10-8-17/h2-11,14H,12-13H2,1H3,(H,24,29). The number of halogens is 1. The van der Waals surface area contributed by atoms with Crippen LogP contribution in [0.3, 0.4) is 0 Å². The van der Waals surface area contributed by atoms with Crippen LogP contribution in [0.4, 0.5) is 10.1 Å². The van der Waals surface area contributed by atoms with E-state index in [2.05, 4.69) is 20.7 Å². The van der Waals surface area contributed by atoms with Gasteiger partial charge in [0.2, 0.25) is 0 Å². The minimum absolute atomic E-state index is 0.271. The summed E-state index contributed by atoms with van der Waals surface area (Å²) >= 11 is 0. The molecule has 29 heavy (non-hydrogen) atoms. The van der Waals surface area contributed by atoms with Crippen LogP contribution < -0.4 is 5.32 Å². The van der Waals surface area contributed by atoms with Crippen molar-refractivity contribution in [1.82, 2.24) is 24.8 Å². The number of carbonyl (C=O) groups excluding carboxylic acids is 1. The monoisotopic (exact) mass is 390 g/mol. The van der Waals surface area contributed by atoms with Gasteiger partial charge in [-0.05, 0) is 30.2 Å². The van der Waals surface area contributed by atoms with E-state index in [1.54, 1.807) is 33.9 Å². The first-order valence-corrected chi connectivity index (χ1v) is 9.11. The smallest absolute Gasteiger partial charge is 0.278 e. The zero-order chi connectivity index (χ0) is 20.2. The number of anilines is 1. The lowest BCUT2D eigenvalue weighted by atomic mass is 10.2. The van der Waals surface area contributed by atoms with Gasteiger partial charge in [-0.2, -0.15) is 5.10 Å². The van der Waals surface area contributed by atoms with Crippen molar-refractivity contribution < 1.29 is 9.18 Å². The van der Waals surface area contributed by atoms with E-state index in [0.717, 1.165) is 11.1 Å². The van der Waals surface area contributed by atoms with E-state index < -0.39 is 0 Å². The van der Waals surface area contributed by atoms with Gasteiger partial charge in [-0.25, -0.2) is 9.07 Å². The molecule has 7 nitrogen and oxygen atoms in total. The molecule has 0 aliphatic heterocycles. The predicted molar refractivity (Wildman–Crippen MR) is 106 cm³/mol. The molecule has 0 atom stereocenters. The highest BCUT2D eigenvalue weighted by molar-refractivity contribution is 6.03. The lowest BCUT2D eigenvalue weighted by Gasteiger charge is -2.04. The van der Waals surface area contributed by atoms with Crippen molar-refractivity contribution >= 4 is 11.6 Å². The molecule has 4 rings (SSSR count). The maximum absolute atomic E-state index is 13.0. The van der Waals surface area contributed by atoms with E-state index in [1.807, 2.05) is 37.3 Å². The van der Waals surface area contributed by atoms with E-state index >= 15 is 0 Å². The number of amides is 1.